The molecule has 0 radical (unpaired) electrons. The first kappa shape index (κ1) is 8.04. The number of nitrogens with zero attached hydrogens (tertiary/aromatic N) is 1. The van der Waals surface area contributed by atoms with Crippen molar-refractivity contribution in [3.05, 3.63) is 0 Å². The second-order valence-electron chi connectivity index (χ2n) is 2.31. The van der Waals surface area contributed by atoms with Crippen molar-refractivity contribution in [2.75, 3.05) is 7.11 Å². The first-order valence-corrected chi connectivity index (χ1v) is 3.54. The van der Waals surface area contributed by atoms with Gasteiger partial charge >= 0.3 is 5.97 Å². The standard InChI is InChI=1S/C7H11NO3/c1-3-5-6(7(9)10-2)8-4-11-5/h4-6H,3H2,1-2H3/t5-,6-/m1/s1. The lowest BCUT2D eigenvalue weighted by Crippen LogP contribution is -2.30. The number of hydrogen-bond donors (Lipinski definition) is 0. The van der Waals surface area contributed by atoms with E-state index in [0.717, 1.165) is 6.42 Å². The minimum Gasteiger partial charge on any atom is -0.477 e. The number of carbonyl (C=O) groups excluding carboxylic acids is 1. The number of ether oxygens (including phenoxy) is 2. The van der Waals surface area contributed by atoms with Crippen molar-refractivity contribution in [1.29, 1.82) is 0 Å². The van der Waals surface area contributed by atoms with E-state index < -0.39 is 6.04 Å². The van der Waals surface area contributed by atoms with Crippen LogP contribution in [0.1, 0.15) is 13.3 Å². The number of aliphatic imine (C=N–C) groups is 1. The summed E-state index contributed by atoms with van der Waals surface area (Å²) in [6.45, 7) is 1.94. The number of hydrogen-bond acceptors (Lipinski definition) is 4. The Labute approximate surface area is 65.2 Å². The van der Waals surface area contributed by atoms with Crippen molar-refractivity contribution >= 4 is 12.4 Å². The normalized spacial score (nSPS) is 28.2. The fourth-order valence-electron chi connectivity index (χ4n) is 1.00. The van der Waals surface area contributed by atoms with E-state index in [-0.39, 0.29) is 12.1 Å². The van der Waals surface area contributed by atoms with Crippen molar-refractivity contribution in [3.8, 4) is 0 Å². The predicted octanol–water partition coefficient (Wildman–Crippen LogP) is 0.365. The molecule has 0 saturated carbocycles. The second kappa shape index (κ2) is 3.37. The van der Waals surface area contributed by atoms with Crippen LogP contribution >= 0.6 is 0 Å². The van der Waals surface area contributed by atoms with Gasteiger partial charge in [-0.15, -0.1) is 0 Å². The van der Waals surface area contributed by atoms with Crippen LogP contribution in [0.15, 0.2) is 4.99 Å². The lowest BCUT2D eigenvalue weighted by atomic mass is 10.1. The Hall–Kier alpha value is -1.06. The van der Waals surface area contributed by atoms with Crippen molar-refractivity contribution in [1.82, 2.24) is 0 Å². The number of carbonyl (C=O) groups is 1. The maximum absolute atomic E-state index is 11.0. The summed E-state index contributed by atoms with van der Waals surface area (Å²) in [5.74, 6) is -0.328. The topological polar surface area (TPSA) is 47.9 Å². The van der Waals surface area contributed by atoms with Crippen LogP contribution < -0.4 is 0 Å². The van der Waals surface area contributed by atoms with E-state index >= 15 is 0 Å². The third-order valence-corrected chi connectivity index (χ3v) is 1.65. The van der Waals surface area contributed by atoms with Gasteiger partial charge in [0.25, 0.3) is 0 Å². The fourth-order valence-corrected chi connectivity index (χ4v) is 1.00. The minimum absolute atomic E-state index is 0.137. The van der Waals surface area contributed by atoms with E-state index in [0.29, 0.717) is 0 Å². The zero-order valence-electron chi connectivity index (χ0n) is 6.61. The molecule has 4 nitrogen and oxygen atoms in total. The van der Waals surface area contributed by atoms with Crippen molar-refractivity contribution in [2.45, 2.75) is 25.5 Å². The molecule has 0 aliphatic carbocycles. The molecule has 1 aliphatic heterocycles. The number of methoxy groups -OCH3 is 1. The van der Waals surface area contributed by atoms with Crippen LogP contribution in [0.2, 0.25) is 0 Å². The lowest BCUT2D eigenvalue weighted by Gasteiger charge is -2.12. The van der Waals surface area contributed by atoms with Gasteiger partial charge in [0.15, 0.2) is 12.4 Å². The highest BCUT2D eigenvalue weighted by molar-refractivity contribution is 5.79. The molecular formula is C7H11NO3. The van der Waals surface area contributed by atoms with Gasteiger partial charge in [-0.3, -0.25) is 0 Å². The molecule has 0 aromatic carbocycles. The molecule has 0 aromatic heterocycles. The Morgan fingerprint density at radius 3 is 3.09 bits per heavy atom. The van der Waals surface area contributed by atoms with E-state index in [1.165, 1.54) is 13.5 Å². The highest BCUT2D eigenvalue weighted by Gasteiger charge is 2.31. The predicted molar refractivity (Wildman–Crippen MR) is 39.5 cm³/mol. The molecule has 1 heterocycles. The van der Waals surface area contributed by atoms with E-state index in [1.807, 2.05) is 6.92 Å². The zero-order valence-corrected chi connectivity index (χ0v) is 6.61. The van der Waals surface area contributed by atoms with Gasteiger partial charge in [0.05, 0.1) is 7.11 Å². The van der Waals surface area contributed by atoms with Gasteiger partial charge in [-0.1, -0.05) is 6.92 Å². The maximum Gasteiger partial charge on any atom is 0.334 e. The Morgan fingerprint density at radius 2 is 2.55 bits per heavy atom. The largest absolute Gasteiger partial charge is 0.477 e. The minimum atomic E-state index is -0.454. The van der Waals surface area contributed by atoms with Gasteiger partial charge in [0.2, 0.25) is 0 Å². The van der Waals surface area contributed by atoms with E-state index in [2.05, 4.69) is 9.73 Å². The number of rotatable bonds is 2. The summed E-state index contributed by atoms with van der Waals surface area (Å²) in [6, 6.07) is -0.454. The van der Waals surface area contributed by atoms with Gasteiger partial charge < -0.3 is 9.47 Å². The van der Waals surface area contributed by atoms with Crippen LogP contribution in [0.3, 0.4) is 0 Å². The van der Waals surface area contributed by atoms with Crippen molar-refractivity contribution in [2.24, 2.45) is 4.99 Å². The van der Waals surface area contributed by atoms with Gasteiger partial charge in [-0.25, -0.2) is 9.79 Å². The molecule has 0 fully saturated rings. The van der Waals surface area contributed by atoms with Gasteiger partial charge in [-0.2, -0.15) is 0 Å². The Kier molecular flexibility index (Phi) is 2.46. The third-order valence-electron chi connectivity index (χ3n) is 1.65. The molecular weight excluding hydrogens is 146 g/mol. The summed E-state index contributed by atoms with van der Waals surface area (Å²) >= 11 is 0. The van der Waals surface area contributed by atoms with Crippen LogP contribution in [-0.4, -0.2) is 31.6 Å². The van der Waals surface area contributed by atoms with Crippen LogP contribution in [0.25, 0.3) is 0 Å². The van der Waals surface area contributed by atoms with E-state index in [1.54, 1.807) is 0 Å². The second-order valence-corrected chi connectivity index (χ2v) is 2.31. The average molecular weight is 157 g/mol. The van der Waals surface area contributed by atoms with Crippen LogP contribution in [0, 0.1) is 0 Å². The summed E-state index contributed by atoms with van der Waals surface area (Å²) in [7, 11) is 1.35. The Balaban J connectivity index is 2.55. The SMILES string of the molecule is CC[C@H]1OC=N[C@H]1C(=O)OC. The molecule has 11 heavy (non-hydrogen) atoms. The monoisotopic (exact) mass is 157 g/mol. The van der Waals surface area contributed by atoms with Gasteiger partial charge in [-0.05, 0) is 6.42 Å². The zero-order chi connectivity index (χ0) is 8.27. The molecule has 1 rings (SSSR count). The molecule has 0 aromatic rings. The van der Waals surface area contributed by atoms with Crippen molar-refractivity contribution in [3.63, 3.8) is 0 Å². The highest BCUT2D eigenvalue weighted by atomic mass is 16.5. The number of esters is 1. The summed E-state index contributed by atoms with van der Waals surface area (Å²) in [5, 5.41) is 0. The lowest BCUT2D eigenvalue weighted by molar-refractivity contribution is -0.143. The molecule has 0 spiro atoms. The van der Waals surface area contributed by atoms with E-state index in [4.69, 9.17) is 4.74 Å². The summed E-state index contributed by atoms with van der Waals surface area (Å²) in [4.78, 5) is 14.8. The molecule has 0 N–H and O–H groups in total. The van der Waals surface area contributed by atoms with Crippen LogP contribution in [-0.2, 0) is 14.3 Å². The molecule has 0 saturated heterocycles. The molecule has 2 atom stereocenters. The first-order chi connectivity index (χ1) is 5.29. The Morgan fingerprint density at radius 1 is 1.82 bits per heavy atom. The quantitative estimate of drug-likeness (QED) is 0.544. The van der Waals surface area contributed by atoms with Crippen molar-refractivity contribution < 1.29 is 14.3 Å². The van der Waals surface area contributed by atoms with E-state index in [9.17, 15) is 4.79 Å². The molecule has 62 valence electrons. The summed E-state index contributed by atoms with van der Waals surface area (Å²) in [6.07, 6.45) is 1.94. The molecule has 0 bridgehead atoms. The van der Waals surface area contributed by atoms with Crippen LogP contribution in [0.4, 0.5) is 0 Å². The summed E-state index contributed by atoms with van der Waals surface area (Å²) < 4.78 is 9.58. The third kappa shape index (κ3) is 1.50. The first-order valence-electron chi connectivity index (χ1n) is 3.54. The Bertz CT molecular complexity index is 179. The van der Waals surface area contributed by atoms with Crippen LogP contribution in [0.5, 0.6) is 0 Å². The molecule has 4 heteroatoms. The molecule has 1 aliphatic rings. The maximum atomic E-state index is 11.0. The molecule has 0 unspecified atom stereocenters. The van der Waals surface area contributed by atoms with Gasteiger partial charge in [0, 0.05) is 0 Å². The van der Waals surface area contributed by atoms with Gasteiger partial charge in [0.1, 0.15) is 6.10 Å². The summed E-state index contributed by atoms with van der Waals surface area (Å²) in [5.41, 5.74) is 0. The highest BCUT2D eigenvalue weighted by Crippen LogP contribution is 2.13. The smallest absolute Gasteiger partial charge is 0.334 e. The molecule has 0 amide bonds. The fraction of sp³-hybridized carbons (Fsp3) is 0.714. The average Bonchev–Trinajstić information content (AvgIpc) is 2.50.